The summed E-state index contributed by atoms with van der Waals surface area (Å²) in [5.74, 6) is 1.99. The molecule has 0 unspecified atom stereocenters. The maximum Gasteiger partial charge on any atom is 0.255 e. The van der Waals surface area contributed by atoms with E-state index in [1.54, 1.807) is 10.6 Å². The van der Waals surface area contributed by atoms with Gasteiger partial charge in [0, 0.05) is 12.6 Å². The summed E-state index contributed by atoms with van der Waals surface area (Å²) < 4.78 is 1.67. The van der Waals surface area contributed by atoms with Gasteiger partial charge in [-0.1, -0.05) is 39.3 Å². The molecular formula is C13H18ClN5. The molecule has 2 aromatic heterocycles. The Morgan fingerprint density at radius 1 is 1.32 bits per heavy atom. The Kier molecular flexibility index (Phi) is 2.55. The zero-order valence-corrected chi connectivity index (χ0v) is 12.4. The zero-order valence-electron chi connectivity index (χ0n) is 11.6. The van der Waals surface area contributed by atoms with E-state index in [0.29, 0.717) is 27.7 Å². The highest BCUT2D eigenvalue weighted by molar-refractivity contribution is 6.29. The van der Waals surface area contributed by atoms with E-state index in [1.165, 1.54) is 6.33 Å². The second kappa shape index (κ2) is 3.82. The summed E-state index contributed by atoms with van der Waals surface area (Å²) in [6.07, 6.45) is 1.48. The molecular weight excluding hydrogens is 262 g/mol. The molecule has 102 valence electrons. The number of fused-ring (bicyclic) bond motifs is 1. The Hall–Kier alpha value is -1.36. The van der Waals surface area contributed by atoms with Gasteiger partial charge in [0.15, 0.2) is 0 Å². The largest absolute Gasteiger partial charge is 0.369 e. The van der Waals surface area contributed by atoms with Crippen molar-refractivity contribution in [2.24, 2.45) is 16.7 Å². The van der Waals surface area contributed by atoms with Gasteiger partial charge in [-0.2, -0.15) is 19.6 Å². The minimum atomic E-state index is 0.359. The summed E-state index contributed by atoms with van der Waals surface area (Å²) in [7, 11) is 0. The summed E-state index contributed by atoms with van der Waals surface area (Å²) in [5.41, 5.74) is 0.719. The lowest BCUT2D eigenvalue weighted by Crippen LogP contribution is -2.12. The van der Waals surface area contributed by atoms with Crippen molar-refractivity contribution in [1.82, 2.24) is 19.6 Å². The van der Waals surface area contributed by atoms with Crippen molar-refractivity contribution >= 4 is 23.2 Å². The Bertz CT molecular complexity index is 617. The van der Waals surface area contributed by atoms with Crippen LogP contribution >= 0.6 is 11.6 Å². The minimum absolute atomic E-state index is 0.359. The highest BCUT2D eigenvalue weighted by Crippen LogP contribution is 2.68. The lowest BCUT2D eigenvalue weighted by molar-refractivity contribution is 0.457. The molecule has 1 aliphatic carbocycles. The Morgan fingerprint density at radius 2 is 2.00 bits per heavy atom. The smallest absolute Gasteiger partial charge is 0.255 e. The van der Waals surface area contributed by atoms with Crippen LogP contribution in [0.2, 0.25) is 5.15 Å². The fraction of sp³-hybridized carbons (Fsp3) is 0.615. The normalized spacial score (nSPS) is 20.7. The number of hydrogen-bond acceptors (Lipinski definition) is 4. The molecule has 2 aromatic rings. The van der Waals surface area contributed by atoms with Crippen LogP contribution in [0.4, 0.5) is 5.82 Å². The molecule has 19 heavy (non-hydrogen) atoms. The van der Waals surface area contributed by atoms with Crippen LogP contribution in [0.25, 0.3) is 5.78 Å². The predicted octanol–water partition coefficient (Wildman–Crippen LogP) is 2.87. The third-order valence-corrected chi connectivity index (χ3v) is 5.22. The SMILES string of the molecule is CC1(C)C(CNc2cc(Cl)nc3ncnn23)C1(C)C. The molecule has 1 saturated carbocycles. The zero-order chi connectivity index (χ0) is 13.8. The monoisotopic (exact) mass is 279 g/mol. The number of hydrogen-bond donors (Lipinski definition) is 1. The van der Waals surface area contributed by atoms with Gasteiger partial charge in [-0.05, 0) is 16.7 Å². The summed E-state index contributed by atoms with van der Waals surface area (Å²) in [6, 6.07) is 1.78. The highest BCUT2D eigenvalue weighted by Gasteiger charge is 2.64. The Morgan fingerprint density at radius 3 is 2.63 bits per heavy atom. The van der Waals surface area contributed by atoms with Crippen molar-refractivity contribution in [2.75, 3.05) is 11.9 Å². The van der Waals surface area contributed by atoms with Crippen LogP contribution in [-0.4, -0.2) is 26.1 Å². The number of nitrogens with one attached hydrogen (secondary N) is 1. The second-order valence-electron chi connectivity index (χ2n) is 6.31. The molecule has 0 aliphatic heterocycles. The van der Waals surface area contributed by atoms with Crippen molar-refractivity contribution < 1.29 is 0 Å². The average molecular weight is 280 g/mol. The van der Waals surface area contributed by atoms with E-state index >= 15 is 0 Å². The van der Waals surface area contributed by atoms with Crippen LogP contribution in [0.1, 0.15) is 27.7 Å². The molecule has 6 heteroatoms. The first-order valence-corrected chi connectivity index (χ1v) is 6.82. The van der Waals surface area contributed by atoms with Gasteiger partial charge in [0.25, 0.3) is 5.78 Å². The average Bonchev–Trinajstić information content (AvgIpc) is 2.70. The third kappa shape index (κ3) is 1.79. The number of halogens is 1. The third-order valence-electron chi connectivity index (χ3n) is 5.03. The van der Waals surface area contributed by atoms with E-state index in [4.69, 9.17) is 11.6 Å². The van der Waals surface area contributed by atoms with Gasteiger partial charge in [0.1, 0.15) is 17.3 Å². The topological polar surface area (TPSA) is 55.1 Å². The Balaban J connectivity index is 1.82. The first-order chi connectivity index (χ1) is 8.84. The summed E-state index contributed by atoms with van der Waals surface area (Å²) in [5, 5.41) is 8.00. The minimum Gasteiger partial charge on any atom is -0.369 e. The van der Waals surface area contributed by atoms with Crippen molar-refractivity contribution in [2.45, 2.75) is 27.7 Å². The van der Waals surface area contributed by atoms with Crippen LogP contribution in [0.5, 0.6) is 0 Å². The summed E-state index contributed by atoms with van der Waals surface area (Å²) in [6.45, 7) is 10.1. The number of anilines is 1. The predicted molar refractivity (Wildman–Crippen MR) is 75.3 cm³/mol. The van der Waals surface area contributed by atoms with Crippen molar-refractivity contribution in [3.8, 4) is 0 Å². The van der Waals surface area contributed by atoms with Gasteiger partial charge in [0.2, 0.25) is 0 Å². The van der Waals surface area contributed by atoms with Crippen molar-refractivity contribution in [3.05, 3.63) is 17.5 Å². The fourth-order valence-electron chi connectivity index (χ4n) is 2.96. The van der Waals surface area contributed by atoms with E-state index in [9.17, 15) is 0 Å². The van der Waals surface area contributed by atoms with Crippen molar-refractivity contribution in [1.29, 1.82) is 0 Å². The fourth-order valence-corrected chi connectivity index (χ4v) is 3.14. The standard InChI is InChI=1S/C13H18ClN5/c1-12(2)8(13(12,3)4)6-15-10-5-9(14)18-11-16-7-17-19(10)11/h5,7-8,15H,6H2,1-4H3. The highest BCUT2D eigenvalue weighted by atomic mass is 35.5. The number of aromatic nitrogens is 4. The van der Waals surface area contributed by atoms with Crippen LogP contribution < -0.4 is 5.32 Å². The van der Waals surface area contributed by atoms with E-state index in [-0.39, 0.29) is 0 Å². The molecule has 0 amide bonds. The molecule has 5 nitrogen and oxygen atoms in total. The van der Waals surface area contributed by atoms with E-state index in [2.05, 4.69) is 48.1 Å². The molecule has 3 rings (SSSR count). The maximum absolute atomic E-state index is 5.99. The maximum atomic E-state index is 5.99. The van der Waals surface area contributed by atoms with Crippen molar-refractivity contribution in [3.63, 3.8) is 0 Å². The molecule has 0 bridgehead atoms. The number of nitrogens with zero attached hydrogens (tertiary/aromatic N) is 4. The molecule has 1 aliphatic rings. The molecule has 0 aromatic carbocycles. The van der Waals surface area contributed by atoms with E-state index in [1.807, 2.05) is 0 Å². The Labute approximate surface area is 117 Å². The van der Waals surface area contributed by atoms with Gasteiger partial charge >= 0.3 is 0 Å². The van der Waals surface area contributed by atoms with Gasteiger partial charge in [-0.3, -0.25) is 0 Å². The summed E-state index contributed by atoms with van der Waals surface area (Å²) >= 11 is 5.99. The second-order valence-corrected chi connectivity index (χ2v) is 6.70. The molecule has 2 heterocycles. The first kappa shape index (κ1) is 12.7. The van der Waals surface area contributed by atoms with Gasteiger partial charge in [-0.15, -0.1) is 0 Å². The molecule has 1 N–H and O–H groups in total. The van der Waals surface area contributed by atoms with Crippen LogP contribution in [-0.2, 0) is 0 Å². The molecule has 1 fully saturated rings. The molecule has 0 spiro atoms. The number of rotatable bonds is 3. The lowest BCUT2D eigenvalue weighted by atomic mass is 10.0. The van der Waals surface area contributed by atoms with Gasteiger partial charge < -0.3 is 5.32 Å². The van der Waals surface area contributed by atoms with Crippen LogP contribution in [0.15, 0.2) is 12.4 Å². The van der Waals surface area contributed by atoms with Crippen LogP contribution in [0, 0.1) is 16.7 Å². The quantitative estimate of drug-likeness (QED) is 0.878. The van der Waals surface area contributed by atoms with Gasteiger partial charge in [-0.25, -0.2) is 0 Å². The molecule has 0 saturated heterocycles. The summed E-state index contributed by atoms with van der Waals surface area (Å²) in [4.78, 5) is 8.17. The molecule has 0 radical (unpaired) electrons. The lowest BCUT2D eigenvalue weighted by Gasteiger charge is -2.09. The van der Waals surface area contributed by atoms with Crippen LogP contribution in [0.3, 0.4) is 0 Å². The van der Waals surface area contributed by atoms with E-state index in [0.717, 1.165) is 12.4 Å². The van der Waals surface area contributed by atoms with Gasteiger partial charge in [0.05, 0.1) is 0 Å². The first-order valence-electron chi connectivity index (χ1n) is 6.44. The molecule has 0 atom stereocenters. The van der Waals surface area contributed by atoms with E-state index < -0.39 is 0 Å².